The van der Waals surface area contributed by atoms with Crippen molar-refractivity contribution in [2.75, 3.05) is 65.8 Å². The van der Waals surface area contributed by atoms with Crippen molar-refractivity contribution >= 4 is 11.8 Å². The Labute approximate surface area is 296 Å². The summed E-state index contributed by atoms with van der Waals surface area (Å²) in [6.07, 6.45) is 13.0. The third-order valence-electron chi connectivity index (χ3n) is 8.20. The molecule has 0 radical (unpaired) electrons. The SMILES string of the molecule is CCCCCN(CCCCC)C(=O)COc1ccccc1OCCOCCOc1ccccc1OCC(=O)N(CCCCC)CCCCC. The summed E-state index contributed by atoms with van der Waals surface area (Å²) in [5, 5.41) is 0. The Hall–Kier alpha value is -3.46. The van der Waals surface area contributed by atoms with Crippen molar-refractivity contribution in [3.05, 3.63) is 48.5 Å². The molecule has 49 heavy (non-hydrogen) atoms. The number of carbonyl (C=O) groups is 2. The maximum absolute atomic E-state index is 13.0. The normalized spacial score (nSPS) is 10.9. The minimum atomic E-state index is -0.0119. The van der Waals surface area contributed by atoms with Gasteiger partial charge in [0.15, 0.2) is 36.2 Å². The van der Waals surface area contributed by atoms with Crippen molar-refractivity contribution in [3.63, 3.8) is 0 Å². The van der Waals surface area contributed by atoms with Gasteiger partial charge in [-0.25, -0.2) is 0 Å². The highest BCUT2D eigenvalue weighted by atomic mass is 16.6. The first-order valence-electron chi connectivity index (χ1n) is 18.9. The van der Waals surface area contributed by atoms with Crippen molar-refractivity contribution in [3.8, 4) is 23.0 Å². The number of hydrogen-bond acceptors (Lipinski definition) is 7. The van der Waals surface area contributed by atoms with Gasteiger partial charge in [0.2, 0.25) is 0 Å². The van der Waals surface area contributed by atoms with Crippen molar-refractivity contribution in [1.29, 1.82) is 0 Å². The Morgan fingerprint density at radius 3 is 1.06 bits per heavy atom. The molecule has 9 heteroatoms. The lowest BCUT2D eigenvalue weighted by molar-refractivity contribution is -0.134. The molecule has 0 saturated heterocycles. The van der Waals surface area contributed by atoms with E-state index in [4.69, 9.17) is 23.7 Å². The first kappa shape index (κ1) is 41.7. The highest BCUT2D eigenvalue weighted by molar-refractivity contribution is 5.78. The number of carbonyl (C=O) groups excluding carboxylic acids is 2. The highest BCUT2D eigenvalue weighted by Gasteiger charge is 2.16. The van der Waals surface area contributed by atoms with Gasteiger partial charge in [0.05, 0.1) is 13.2 Å². The number of hydrogen-bond donors (Lipinski definition) is 0. The van der Waals surface area contributed by atoms with Crippen LogP contribution in [0.1, 0.15) is 105 Å². The molecular formula is C40H64N2O7. The van der Waals surface area contributed by atoms with Crippen molar-refractivity contribution < 1.29 is 33.3 Å². The van der Waals surface area contributed by atoms with Crippen LogP contribution in [0.4, 0.5) is 0 Å². The Bertz CT molecular complexity index is 1040. The monoisotopic (exact) mass is 684 g/mol. The summed E-state index contributed by atoms with van der Waals surface area (Å²) in [5.74, 6) is 2.26. The molecule has 0 heterocycles. The van der Waals surface area contributed by atoms with Crippen LogP contribution >= 0.6 is 0 Å². The zero-order valence-electron chi connectivity index (χ0n) is 30.9. The zero-order chi connectivity index (χ0) is 35.4. The third kappa shape index (κ3) is 18.2. The van der Waals surface area contributed by atoms with Crippen LogP contribution in [-0.2, 0) is 14.3 Å². The topological polar surface area (TPSA) is 86.8 Å². The quantitative estimate of drug-likeness (QED) is 0.0765. The van der Waals surface area contributed by atoms with E-state index in [1.165, 1.54) is 0 Å². The van der Waals surface area contributed by atoms with Crippen LogP contribution in [0.25, 0.3) is 0 Å². The van der Waals surface area contributed by atoms with Gasteiger partial charge in [0, 0.05) is 26.2 Å². The summed E-state index contributed by atoms with van der Waals surface area (Å²) in [6.45, 7) is 13.1. The fourth-order valence-electron chi connectivity index (χ4n) is 5.30. The number of ether oxygens (including phenoxy) is 5. The van der Waals surface area contributed by atoms with E-state index in [0.29, 0.717) is 49.4 Å². The second kappa shape index (κ2) is 27.4. The molecule has 2 aromatic rings. The number of unbranched alkanes of at least 4 members (excludes halogenated alkanes) is 8. The second-order valence-electron chi connectivity index (χ2n) is 12.4. The second-order valence-corrected chi connectivity index (χ2v) is 12.4. The molecule has 0 aromatic heterocycles. The standard InChI is InChI=1S/C40H64N2O7/c1-5-9-17-25-41(26-18-10-6-2)39(43)33-48-37-23-15-13-21-35(37)46-31-29-45-30-32-47-36-22-14-16-24-38(36)49-34-40(44)42(27-19-11-7-3)28-20-12-8-4/h13-16,21-24H,5-12,17-20,25-34H2,1-4H3. The average molecular weight is 685 g/mol. The Balaban J connectivity index is 1.75. The summed E-state index contributed by atoms with van der Waals surface area (Å²) in [5.41, 5.74) is 0. The molecule has 2 rings (SSSR count). The van der Waals surface area contributed by atoms with Gasteiger partial charge in [-0.15, -0.1) is 0 Å². The third-order valence-corrected chi connectivity index (χ3v) is 8.20. The van der Waals surface area contributed by atoms with Gasteiger partial charge in [0.1, 0.15) is 13.2 Å². The van der Waals surface area contributed by atoms with Gasteiger partial charge >= 0.3 is 0 Å². The Morgan fingerprint density at radius 2 is 0.755 bits per heavy atom. The first-order valence-corrected chi connectivity index (χ1v) is 18.9. The molecule has 0 spiro atoms. The molecule has 0 unspecified atom stereocenters. The van der Waals surface area contributed by atoms with Gasteiger partial charge in [0.25, 0.3) is 11.8 Å². The number of rotatable bonds is 30. The molecule has 0 bridgehead atoms. The Morgan fingerprint density at radius 1 is 0.449 bits per heavy atom. The van der Waals surface area contributed by atoms with Crippen molar-refractivity contribution in [1.82, 2.24) is 9.80 Å². The fourth-order valence-corrected chi connectivity index (χ4v) is 5.30. The van der Waals surface area contributed by atoms with E-state index in [2.05, 4.69) is 27.7 Å². The van der Waals surface area contributed by atoms with E-state index in [1.807, 2.05) is 58.3 Å². The lowest BCUT2D eigenvalue weighted by Gasteiger charge is -2.23. The van der Waals surface area contributed by atoms with Crippen LogP contribution in [0.3, 0.4) is 0 Å². The highest BCUT2D eigenvalue weighted by Crippen LogP contribution is 2.27. The largest absolute Gasteiger partial charge is 0.487 e. The molecule has 0 aliphatic rings. The molecule has 0 aliphatic carbocycles. The smallest absolute Gasteiger partial charge is 0.260 e. The van der Waals surface area contributed by atoms with Gasteiger partial charge in [-0.05, 0) is 49.9 Å². The van der Waals surface area contributed by atoms with Crippen LogP contribution in [0.5, 0.6) is 23.0 Å². The molecule has 0 fully saturated rings. The molecule has 0 atom stereocenters. The molecule has 276 valence electrons. The number of nitrogens with zero attached hydrogens (tertiary/aromatic N) is 2. The maximum Gasteiger partial charge on any atom is 0.260 e. The maximum atomic E-state index is 13.0. The summed E-state index contributed by atoms with van der Waals surface area (Å²) in [6, 6.07) is 14.8. The predicted octanol–water partition coefficient (Wildman–Crippen LogP) is 8.34. The number of benzene rings is 2. The van der Waals surface area contributed by atoms with Crippen molar-refractivity contribution in [2.45, 2.75) is 105 Å². The lowest BCUT2D eigenvalue weighted by atomic mass is 10.2. The molecule has 0 N–H and O–H groups in total. The minimum absolute atomic E-state index is 0.00991. The van der Waals surface area contributed by atoms with E-state index in [0.717, 1.165) is 103 Å². The van der Waals surface area contributed by atoms with Crippen LogP contribution < -0.4 is 18.9 Å². The van der Waals surface area contributed by atoms with E-state index in [9.17, 15) is 9.59 Å². The molecule has 0 aliphatic heterocycles. The van der Waals surface area contributed by atoms with Crippen LogP contribution in [0.15, 0.2) is 48.5 Å². The summed E-state index contributed by atoms with van der Waals surface area (Å²) in [7, 11) is 0. The summed E-state index contributed by atoms with van der Waals surface area (Å²) in [4.78, 5) is 29.8. The van der Waals surface area contributed by atoms with E-state index in [-0.39, 0.29) is 25.0 Å². The average Bonchev–Trinajstić information content (AvgIpc) is 3.12. The lowest BCUT2D eigenvalue weighted by Crippen LogP contribution is -2.36. The summed E-state index contributed by atoms with van der Waals surface area (Å²) >= 11 is 0. The molecular weight excluding hydrogens is 620 g/mol. The molecule has 2 amide bonds. The zero-order valence-corrected chi connectivity index (χ0v) is 30.9. The summed E-state index contributed by atoms with van der Waals surface area (Å²) < 4.78 is 29.5. The van der Waals surface area contributed by atoms with Crippen LogP contribution in [-0.4, -0.2) is 87.4 Å². The van der Waals surface area contributed by atoms with Crippen LogP contribution in [0, 0.1) is 0 Å². The predicted molar refractivity (Wildman–Crippen MR) is 197 cm³/mol. The first-order chi connectivity index (χ1) is 24.0. The van der Waals surface area contributed by atoms with Gasteiger partial charge < -0.3 is 33.5 Å². The Kier molecular flexibility index (Phi) is 23.3. The van der Waals surface area contributed by atoms with E-state index in [1.54, 1.807) is 0 Å². The van der Waals surface area contributed by atoms with Gasteiger partial charge in [-0.3, -0.25) is 9.59 Å². The molecule has 9 nitrogen and oxygen atoms in total. The minimum Gasteiger partial charge on any atom is -0.487 e. The fraction of sp³-hybridized carbons (Fsp3) is 0.650. The molecule has 0 saturated carbocycles. The van der Waals surface area contributed by atoms with E-state index >= 15 is 0 Å². The van der Waals surface area contributed by atoms with Gasteiger partial charge in [-0.1, -0.05) is 103 Å². The van der Waals surface area contributed by atoms with E-state index < -0.39 is 0 Å². The molecule has 2 aromatic carbocycles. The van der Waals surface area contributed by atoms with Crippen molar-refractivity contribution in [2.24, 2.45) is 0 Å². The number of amides is 2. The van der Waals surface area contributed by atoms with Gasteiger partial charge in [-0.2, -0.15) is 0 Å². The number of para-hydroxylation sites is 4. The van der Waals surface area contributed by atoms with Crippen LogP contribution in [0.2, 0.25) is 0 Å².